The number of nitrogens with two attached hydrogens (primary N) is 1. The zero-order chi connectivity index (χ0) is 28.7. The number of carbonyl (C=O) groups excluding carboxylic acids is 3. The van der Waals surface area contributed by atoms with Crippen LogP contribution in [0.25, 0.3) is 0 Å². The van der Waals surface area contributed by atoms with E-state index in [0.29, 0.717) is 62.9 Å². The third-order valence-electron chi connectivity index (χ3n) is 7.23. The van der Waals surface area contributed by atoms with Crippen LogP contribution in [0.5, 0.6) is 0 Å². The SMILES string of the molecule is CN(C)C/C=C/C(=O)[C@@]1(N(C)c2cnc(C(N)=O)c(Nc3ccc(C(=O)N4CCOCC4)cc3)n2)CCCNC1. The Balaban J connectivity index is 1.58. The Morgan fingerprint density at radius 3 is 2.52 bits per heavy atom. The van der Waals surface area contributed by atoms with Crippen molar-refractivity contribution in [1.29, 1.82) is 0 Å². The van der Waals surface area contributed by atoms with Crippen molar-refractivity contribution < 1.29 is 19.1 Å². The van der Waals surface area contributed by atoms with Gasteiger partial charge in [0, 0.05) is 44.5 Å². The van der Waals surface area contributed by atoms with E-state index in [2.05, 4.69) is 20.6 Å². The van der Waals surface area contributed by atoms with Gasteiger partial charge in [0.15, 0.2) is 17.3 Å². The fraction of sp³-hybridized carbons (Fsp3) is 0.464. The van der Waals surface area contributed by atoms with Crippen molar-refractivity contribution in [2.24, 2.45) is 5.73 Å². The average molecular weight is 551 g/mol. The molecule has 0 bridgehead atoms. The third kappa shape index (κ3) is 6.64. The van der Waals surface area contributed by atoms with E-state index in [0.717, 1.165) is 13.0 Å². The summed E-state index contributed by atoms with van der Waals surface area (Å²) >= 11 is 0. The number of likely N-dealkylation sites (N-methyl/N-ethyl adjacent to an activating group) is 2. The van der Waals surface area contributed by atoms with Gasteiger partial charge in [0.25, 0.3) is 11.8 Å². The molecule has 0 saturated carbocycles. The van der Waals surface area contributed by atoms with Crippen molar-refractivity contribution >= 4 is 34.9 Å². The molecule has 4 rings (SSSR count). The smallest absolute Gasteiger partial charge is 0.271 e. The monoisotopic (exact) mass is 550 g/mol. The maximum Gasteiger partial charge on any atom is 0.271 e. The number of ketones is 1. The molecule has 4 N–H and O–H groups in total. The van der Waals surface area contributed by atoms with Crippen LogP contribution in [-0.2, 0) is 9.53 Å². The van der Waals surface area contributed by atoms with Crippen molar-refractivity contribution in [1.82, 2.24) is 25.1 Å². The second-order valence-electron chi connectivity index (χ2n) is 10.3. The van der Waals surface area contributed by atoms with Crippen LogP contribution >= 0.6 is 0 Å². The molecule has 1 atom stereocenters. The second kappa shape index (κ2) is 13.0. The number of piperidine rings is 1. The molecule has 0 radical (unpaired) electrons. The number of hydrogen-bond donors (Lipinski definition) is 3. The summed E-state index contributed by atoms with van der Waals surface area (Å²) in [5.41, 5.74) is 5.87. The molecule has 214 valence electrons. The molecule has 2 saturated heterocycles. The Bertz CT molecular complexity index is 1240. The molecule has 0 unspecified atom stereocenters. The van der Waals surface area contributed by atoms with E-state index in [9.17, 15) is 14.4 Å². The molecule has 2 aliphatic heterocycles. The number of primary amides is 1. The summed E-state index contributed by atoms with van der Waals surface area (Å²) in [6, 6.07) is 6.91. The molecular formula is C28H38N8O4. The largest absolute Gasteiger partial charge is 0.378 e. The molecule has 0 aliphatic carbocycles. The van der Waals surface area contributed by atoms with Crippen molar-refractivity contribution in [3.05, 3.63) is 53.9 Å². The summed E-state index contributed by atoms with van der Waals surface area (Å²) in [4.78, 5) is 53.0. The lowest BCUT2D eigenvalue weighted by Crippen LogP contribution is -2.61. The molecule has 12 heteroatoms. The number of hydrogen-bond acceptors (Lipinski definition) is 10. The molecule has 2 fully saturated rings. The minimum Gasteiger partial charge on any atom is -0.378 e. The second-order valence-corrected chi connectivity index (χ2v) is 10.3. The lowest BCUT2D eigenvalue weighted by molar-refractivity contribution is -0.120. The van der Waals surface area contributed by atoms with Gasteiger partial charge in [-0.05, 0) is 63.8 Å². The molecular weight excluding hydrogens is 512 g/mol. The quantitative estimate of drug-likeness (QED) is 0.367. The number of carbonyl (C=O) groups is 3. The van der Waals surface area contributed by atoms with Crippen LogP contribution in [0.2, 0.25) is 0 Å². The van der Waals surface area contributed by atoms with E-state index < -0.39 is 11.4 Å². The van der Waals surface area contributed by atoms with E-state index in [4.69, 9.17) is 10.5 Å². The van der Waals surface area contributed by atoms with Gasteiger partial charge in [-0.25, -0.2) is 9.97 Å². The summed E-state index contributed by atoms with van der Waals surface area (Å²) in [5, 5.41) is 6.47. The molecule has 1 aromatic heterocycles. The van der Waals surface area contributed by atoms with E-state index in [1.807, 2.05) is 37.0 Å². The summed E-state index contributed by atoms with van der Waals surface area (Å²) < 4.78 is 5.33. The number of benzene rings is 1. The van der Waals surface area contributed by atoms with Crippen LogP contribution in [0.15, 0.2) is 42.6 Å². The van der Waals surface area contributed by atoms with Crippen molar-refractivity contribution in [3.63, 3.8) is 0 Å². The summed E-state index contributed by atoms with van der Waals surface area (Å²) in [6.45, 7) is 4.10. The van der Waals surface area contributed by atoms with E-state index in [1.54, 1.807) is 35.2 Å². The van der Waals surface area contributed by atoms with E-state index >= 15 is 0 Å². The Hall–Kier alpha value is -3.87. The van der Waals surface area contributed by atoms with Gasteiger partial charge < -0.3 is 35.8 Å². The molecule has 2 amide bonds. The van der Waals surface area contributed by atoms with Crippen LogP contribution in [0.1, 0.15) is 33.7 Å². The fourth-order valence-corrected chi connectivity index (χ4v) is 4.89. The topological polar surface area (TPSA) is 146 Å². The standard InChI is InChI=1S/C28H38N8O4/c1-34(2)13-4-6-22(37)28(11-5-12-30-19-28)35(3)23-18-31-24(25(29)38)26(33-23)32-21-9-7-20(8-10-21)27(39)36-14-16-40-17-15-36/h4,6-10,18,30H,5,11-17,19H2,1-3H3,(H2,29,38)(H,32,33)/b6-4+/t28-/m1/s1. The third-order valence-corrected chi connectivity index (χ3v) is 7.23. The average Bonchev–Trinajstić information content (AvgIpc) is 2.97. The number of nitrogens with zero attached hydrogens (tertiary/aromatic N) is 5. The van der Waals surface area contributed by atoms with Crippen LogP contribution in [-0.4, -0.2) is 110 Å². The normalized spacial score (nSPS) is 19.6. The van der Waals surface area contributed by atoms with Crippen molar-refractivity contribution in [2.45, 2.75) is 18.4 Å². The highest BCUT2D eigenvalue weighted by Gasteiger charge is 2.43. The number of amides is 2. The zero-order valence-corrected chi connectivity index (χ0v) is 23.4. The van der Waals surface area contributed by atoms with Gasteiger partial charge >= 0.3 is 0 Å². The molecule has 2 aromatic rings. The van der Waals surface area contributed by atoms with Gasteiger partial charge in [-0.3, -0.25) is 14.4 Å². The van der Waals surface area contributed by atoms with Crippen molar-refractivity contribution in [2.75, 3.05) is 77.3 Å². The highest BCUT2D eigenvalue weighted by atomic mass is 16.5. The predicted octanol–water partition coefficient (Wildman–Crippen LogP) is 1.04. The first-order valence-electron chi connectivity index (χ1n) is 13.4. The van der Waals surface area contributed by atoms with Gasteiger partial charge in [0.05, 0.1) is 19.4 Å². The predicted molar refractivity (Wildman–Crippen MR) is 153 cm³/mol. The highest BCUT2D eigenvalue weighted by Crippen LogP contribution is 2.30. The molecule has 2 aliphatic rings. The van der Waals surface area contributed by atoms with Crippen LogP contribution in [0.4, 0.5) is 17.3 Å². The van der Waals surface area contributed by atoms with Gasteiger partial charge in [0.2, 0.25) is 0 Å². The first-order chi connectivity index (χ1) is 19.2. The van der Waals surface area contributed by atoms with Crippen LogP contribution < -0.4 is 21.3 Å². The van der Waals surface area contributed by atoms with Crippen LogP contribution in [0, 0.1) is 0 Å². The van der Waals surface area contributed by atoms with Gasteiger partial charge in [0.1, 0.15) is 11.4 Å². The lowest BCUT2D eigenvalue weighted by atomic mass is 9.84. The number of aromatic nitrogens is 2. The fourth-order valence-electron chi connectivity index (χ4n) is 4.89. The molecule has 12 nitrogen and oxygen atoms in total. The number of nitrogens with one attached hydrogen (secondary N) is 2. The first kappa shape index (κ1) is 29.1. The number of anilines is 3. The lowest BCUT2D eigenvalue weighted by Gasteiger charge is -2.43. The Labute approximate surface area is 234 Å². The van der Waals surface area contributed by atoms with Crippen LogP contribution in [0.3, 0.4) is 0 Å². The van der Waals surface area contributed by atoms with Gasteiger partial charge in [-0.15, -0.1) is 0 Å². The molecule has 3 heterocycles. The first-order valence-corrected chi connectivity index (χ1v) is 13.4. The minimum absolute atomic E-state index is 0.0279. The Morgan fingerprint density at radius 2 is 1.90 bits per heavy atom. The summed E-state index contributed by atoms with van der Waals surface area (Å²) in [6.07, 6.45) is 6.42. The van der Waals surface area contributed by atoms with Gasteiger partial charge in [-0.2, -0.15) is 0 Å². The minimum atomic E-state index is -0.858. The molecule has 1 aromatic carbocycles. The highest BCUT2D eigenvalue weighted by molar-refractivity contribution is 6.01. The number of ether oxygens (including phenoxy) is 1. The molecule has 40 heavy (non-hydrogen) atoms. The number of rotatable bonds is 10. The van der Waals surface area contributed by atoms with Crippen molar-refractivity contribution in [3.8, 4) is 0 Å². The number of morpholine rings is 1. The Morgan fingerprint density at radius 1 is 1.18 bits per heavy atom. The van der Waals surface area contributed by atoms with E-state index in [-0.39, 0.29) is 23.2 Å². The zero-order valence-electron chi connectivity index (χ0n) is 23.4. The summed E-state index contributed by atoms with van der Waals surface area (Å²) in [7, 11) is 5.70. The van der Waals surface area contributed by atoms with Gasteiger partial charge in [-0.1, -0.05) is 6.08 Å². The van der Waals surface area contributed by atoms with E-state index in [1.165, 1.54) is 6.20 Å². The maximum absolute atomic E-state index is 13.5. The molecule has 0 spiro atoms. The Kier molecular flexibility index (Phi) is 9.46. The maximum atomic E-state index is 13.5. The summed E-state index contributed by atoms with van der Waals surface area (Å²) in [5.74, 6) is -0.241.